The Morgan fingerprint density at radius 2 is 2.35 bits per heavy atom. The van der Waals surface area contributed by atoms with Crippen LogP contribution in [0.5, 0.6) is 5.75 Å². The Balaban J connectivity index is 1.82. The second kappa shape index (κ2) is 6.56. The van der Waals surface area contributed by atoms with Crippen molar-refractivity contribution in [2.45, 2.75) is 29.0 Å². The molecule has 2 heterocycles. The van der Waals surface area contributed by atoms with Gasteiger partial charge < -0.3 is 10.1 Å². The number of ether oxygens (including phenoxy) is 1. The van der Waals surface area contributed by atoms with Crippen LogP contribution in [0.1, 0.15) is 24.9 Å². The van der Waals surface area contributed by atoms with E-state index in [-0.39, 0.29) is 0 Å². The molecule has 0 saturated carbocycles. The minimum Gasteiger partial charge on any atom is -0.492 e. The first kappa shape index (κ1) is 13.9. The highest BCUT2D eigenvalue weighted by Crippen LogP contribution is 2.40. The zero-order chi connectivity index (χ0) is 13.8. The number of hydrogen-bond acceptors (Lipinski definition) is 6. The van der Waals surface area contributed by atoms with Gasteiger partial charge in [-0.05, 0) is 19.0 Å². The number of nitrogens with zero attached hydrogens (tertiary/aromatic N) is 2. The van der Waals surface area contributed by atoms with Gasteiger partial charge in [0.25, 0.3) is 0 Å². The lowest BCUT2D eigenvalue weighted by Crippen LogP contribution is -2.37. The molecule has 1 aliphatic heterocycles. The number of hydrogen-bond donors (Lipinski definition) is 1. The molecule has 0 radical (unpaired) electrons. The third-order valence-corrected chi connectivity index (χ3v) is 5.29. The first-order valence-corrected chi connectivity index (χ1v) is 8.52. The van der Waals surface area contributed by atoms with Gasteiger partial charge in [0.05, 0.1) is 11.3 Å². The van der Waals surface area contributed by atoms with E-state index < -0.39 is 0 Å². The fourth-order valence-corrected chi connectivity index (χ4v) is 4.19. The highest BCUT2D eigenvalue weighted by Gasteiger charge is 2.31. The van der Waals surface area contributed by atoms with Crippen molar-refractivity contribution in [1.29, 1.82) is 0 Å². The van der Waals surface area contributed by atoms with E-state index in [1.807, 2.05) is 12.1 Å². The normalized spacial score (nSPS) is 21.2. The van der Waals surface area contributed by atoms with Crippen molar-refractivity contribution < 1.29 is 4.74 Å². The third-order valence-electron chi connectivity index (χ3n) is 3.24. The van der Waals surface area contributed by atoms with Crippen molar-refractivity contribution in [3.8, 4) is 5.75 Å². The molecule has 20 heavy (non-hydrogen) atoms. The van der Waals surface area contributed by atoms with Crippen LogP contribution in [0.2, 0.25) is 0 Å². The van der Waals surface area contributed by atoms with Crippen LogP contribution >= 0.6 is 23.1 Å². The first-order chi connectivity index (χ1) is 9.88. The molecule has 4 nitrogen and oxygen atoms in total. The van der Waals surface area contributed by atoms with E-state index in [4.69, 9.17) is 4.74 Å². The van der Waals surface area contributed by atoms with Crippen molar-refractivity contribution in [2.75, 3.05) is 13.2 Å². The van der Waals surface area contributed by atoms with Crippen molar-refractivity contribution in [1.82, 2.24) is 15.5 Å². The lowest BCUT2D eigenvalue weighted by molar-refractivity contribution is 0.260. The van der Waals surface area contributed by atoms with Crippen LogP contribution in [0.15, 0.2) is 34.1 Å². The van der Waals surface area contributed by atoms with Gasteiger partial charge in [0, 0.05) is 5.56 Å². The summed E-state index contributed by atoms with van der Waals surface area (Å²) in [5.41, 5.74) is 3.02. The lowest BCUT2D eigenvalue weighted by Gasteiger charge is -2.33. The molecule has 0 amide bonds. The molecule has 0 bridgehead atoms. The molecular formula is C14H17N3OS2. The zero-order valence-corrected chi connectivity index (χ0v) is 12.9. The van der Waals surface area contributed by atoms with E-state index in [1.165, 1.54) is 5.56 Å². The molecule has 106 valence electrons. The molecule has 3 rings (SSSR count). The van der Waals surface area contributed by atoms with Gasteiger partial charge in [0.15, 0.2) is 4.34 Å². The van der Waals surface area contributed by atoms with Gasteiger partial charge in [-0.25, -0.2) is 0 Å². The largest absolute Gasteiger partial charge is 0.492 e. The number of aromatic nitrogens is 2. The van der Waals surface area contributed by atoms with Crippen LogP contribution in [0.3, 0.4) is 0 Å². The van der Waals surface area contributed by atoms with Crippen LogP contribution in [-0.4, -0.2) is 28.6 Å². The Labute approximate surface area is 127 Å². The Morgan fingerprint density at radius 3 is 3.15 bits per heavy atom. The predicted octanol–water partition coefficient (Wildman–Crippen LogP) is 3.13. The summed E-state index contributed by atoms with van der Waals surface area (Å²) in [7, 11) is 0. The molecule has 1 N–H and O–H groups in total. The number of para-hydroxylation sites is 1. The molecule has 6 heteroatoms. The monoisotopic (exact) mass is 307 g/mol. The number of nitrogens with one attached hydrogen (secondary N) is 1. The first-order valence-electron chi connectivity index (χ1n) is 6.76. The van der Waals surface area contributed by atoms with Crippen LogP contribution in [0, 0.1) is 0 Å². The Bertz CT molecular complexity index is 547. The number of rotatable bonds is 5. The summed E-state index contributed by atoms with van der Waals surface area (Å²) in [4.78, 5) is 0. The van der Waals surface area contributed by atoms with E-state index in [1.54, 1.807) is 28.6 Å². The van der Waals surface area contributed by atoms with E-state index in [0.29, 0.717) is 17.9 Å². The van der Waals surface area contributed by atoms with Gasteiger partial charge in [0.1, 0.15) is 17.9 Å². The second-order valence-corrected chi connectivity index (χ2v) is 6.96. The summed E-state index contributed by atoms with van der Waals surface area (Å²) in [6, 6.07) is 8.58. The van der Waals surface area contributed by atoms with Gasteiger partial charge in [-0.3, -0.25) is 0 Å². The Kier molecular flexibility index (Phi) is 4.54. The molecule has 2 aromatic rings. The maximum absolute atomic E-state index is 5.89. The molecule has 0 aliphatic carbocycles. The fraction of sp³-hybridized carbons (Fsp3) is 0.429. The minimum absolute atomic E-state index is 0.300. The maximum atomic E-state index is 5.89. The van der Waals surface area contributed by atoms with E-state index >= 15 is 0 Å². The van der Waals surface area contributed by atoms with Crippen molar-refractivity contribution in [3.63, 3.8) is 0 Å². The van der Waals surface area contributed by atoms with E-state index in [0.717, 1.165) is 23.1 Å². The number of fused-ring (bicyclic) bond motifs is 1. The Hall–Kier alpha value is -1.11. The fourth-order valence-electron chi connectivity index (χ4n) is 2.32. The smallest absolute Gasteiger partial charge is 0.174 e. The predicted molar refractivity (Wildman–Crippen MR) is 82.5 cm³/mol. The molecule has 0 fully saturated rings. The molecule has 0 spiro atoms. The van der Waals surface area contributed by atoms with E-state index in [9.17, 15) is 0 Å². The maximum Gasteiger partial charge on any atom is 0.174 e. The molecule has 1 aromatic heterocycles. The topological polar surface area (TPSA) is 47.0 Å². The second-order valence-electron chi connectivity index (χ2n) is 4.64. The van der Waals surface area contributed by atoms with E-state index in [2.05, 4.69) is 34.6 Å². The van der Waals surface area contributed by atoms with Gasteiger partial charge >= 0.3 is 0 Å². The highest BCUT2D eigenvalue weighted by molar-refractivity contribution is 8.01. The molecule has 1 aromatic carbocycles. The summed E-state index contributed by atoms with van der Waals surface area (Å²) in [5, 5.41) is 12.0. The molecule has 2 atom stereocenters. The minimum atomic E-state index is 0.300. The summed E-state index contributed by atoms with van der Waals surface area (Å²) in [5.74, 6) is 0.996. The van der Waals surface area contributed by atoms with Crippen LogP contribution in [0.4, 0.5) is 0 Å². The van der Waals surface area contributed by atoms with Gasteiger partial charge in [-0.15, -0.1) is 10.2 Å². The summed E-state index contributed by atoms with van der Waals surface area (Å²) in [6.45, 7) is 3.89. The number of thioether (sulfide) groups is 1. The molecule has 2 unspecified atom stereocenters. The molecule has 0 saturated heterocycles. The quantitative estimate of drug-likeness (QED) is 0.919. The van der Waals surface area contributed by atoms with Gasteiger partial charge in [0.2, 0.25) is 0 Å². The summed E-state index contributed by atoms with van der Waals surface area (Å²) in [6.07, 6.45) is 1.12. The SMILES string of the molecule is CCCNC1c2ccccc2OCC1Sc1nncs1. The average molecular weight is 307 g/mol. The number of benzene rings is 1. The van der Waals surface area contributed by atoms with Gasteiger partial charge in [-0.1, -0.05) is 48.2 Å². The van der Waals surface area contributed by atoms with Gasteiger partial charge in [-0.2, -0.15) is 0 Å². The van der Waals surface area contributed by atoms with Crippen LogP contribution in [-0.2, 0) is 0 Å². The third kappa shape index (κ3) is 2.97. The van der Waals surface area contributed by atoms with Crippen molar-refractivity contribution in [2.24, 2.45) is 0 Å². The molecule has 1 aliphatic rings. The lowest BCUT2D eigenvalue weighted by atomic mass is 10.00. The Morgan fingerprint density at radius 1 is 1.45 bits per heavy atom. The average Bonchev–Trinajstić information content (AvgIpc) is 2.99. The summed E-state index contributed by atoms with van der Waals surface area (Å²) < 4.78 is 6.89. The standard InChI is InChI=1S/C14H17N3OS2/c1-2-7-15-13-10-5-3-4-6-11(10)18-8-12(13)20-14-17-16-9-19-14/h3-6,9,12-13,15H,2,7-8H2,1H3. The van der Waals surface area contributed by atoms with Crippen molar-refractivity contribution in [3.05, 3.63) is 35.3 Å². The van der Waals surface area contributed by atoms with Crippen LogP contribution < -0.4 is 10.1 Å². The molecular weight excluding hydrogens is 290 g/mol. The zero-order valence-electron chi connectivity index (χ0n) is 11.3. The summed E-state index contributed by atoms with van der Waals surface area (Å²) >= 11 is 3.33. The highest BCUT2D eigenvalue weighted by atomic mass is 32.2. The van der Waals surface area contributed by atoms with Crippen molar-refractivity contribution >= 4 is 23.1 Å². The van der Waals surface area contributed by atoms with Crippen LogP contribution in [0.25, 0.3) is 0 Å².